The number of aliphatic carboxylic acids is 1. The Balaban J connectivity index is 1.62. The topological polar surface area (TPSA) is 66.8 Å². The molecule has 6 heteroatoms. The summed E-state index contributed by atoms with van der Waals surface area (Å²) < 4.78 is 19.4. The summed E-state index contributed by atoms with van der Waals surface area (Å²) in [6, 6.07) is 21.3. The van der Waals surface area contributed by atoms with Gasteiger partial charge in [0.25, 0.3) is 5.91 Å². The molecule has 3 aromatic rings. The highest BCUT2D eigenvalue weighted by molar-refractivity contribution is 5.95. The molecule has 3 aromatic carbocycles. The largest absolute Gasteiger partial charge is 0.494 e. The molecule has 0 aliphatic heterocycles. The third kappa shape index (κ3) is 7.95. The fraction of sp³-hybridized carbons (Fsp3) is 0.310. The summed E-state index contributed by atoms with van der Waals surface area (Å²) in [5, 5.41) is 8.70. The van der Waals surface area contributed by atoms with Crippen molar-refractivity contribution >= 4 is 11.9 Å². The summed E-state index contributed by atoms with van der Waals surface area (Å²) in [4.78, 5) is 25.7. The maximum absolute atomic E-state index is 13.5. The Morgan fingerprint density at radius 3 is 2.34 bits per heavy atom. The van der Waals surface area contributed by atoms with Crippen molar-refractivity contribution in [1.82, 2.24) is 4.90 Å². The zero-order valence-electron chi connectivity index (χ0n) is 20.2. The van der Waals surface area contributed by atoms with Gasteiger partial charge in [-0.25, -0.2) is 4.39 Å². The number of rotatable bonds is 12. The minimum Gasteiger partial charge on any atom is -0.494 e. The van der Waals surface area contributed by atoms with Crippen molar-refractivity contribution in [1.29, 1.82) is 0 Å². The van der Waals surface area contributed by atoms with E-state index in [-0.39, 0.29) is 24.2 Å². The molecule has 35 heavy (non-hydrogen) atoms. The van der Waals surface area contributed by atoms with Crippen LogP contribution in [-0.2, 0) is 11.3 Å². The van der Waals surface area contributed by atoms with Crippen LogP contribution in [0.5, 0.6) is 5.75 Å². The quantitative estimate of drug-likeness (QED) is 0.300. The highest BCUT2D eigenvalue weighted by Gasteiger charge is 2.19. The molecule has 1 amide bonds. The van der Waals surface area contributed by atoms with Crippen molar-refractivity contribution in [2.75, 3.05) is 6.61 Å². The standard InChI is InChI=1S/C29H32FNO4/c1-21(2)31(20-22-8-6-11-27(18-22)35-17-5-3-4-12-28(32)33)29(34)24-15-13-23(14-16-24)25-9-7-10-26(30)19-25/h6-11,13-16,18-19,21H,3-5,12,17,20H2,1-2H3,(H,32,33). The lowest BCUT2D eigenvalue weighted by molar-refractivity contribution is -0.137. The smallest absolute Gasteiger partial charge is 0.303 e. The Morgan fingerprint density at radius 1 is 0.914 bits per heavy atom. The van der Waals surface area contributed by atoms with Crippen LogP contribution < -0.4 is 4.74 Å². The number of carbonyl (C=O) groups is 2. The van der Waals surface area contributed by atoms with E-state index in [1.807, 2.05) is 61.2 Å². The van der Waals surface area contributed by atoms with E-state index in [0.29, 0.717) is 25.1 Å². The van der Waals surface area contributed by atoms with Gasteiger partial charge in [-0.3, -0.25) is 9.59 Å². The van der Waals surface area contributed by atoms with Crippen LogP contribution in [0.3, 0.4) is 0 Å². The van der Waals surface area contributed by atoms with E-state index in [1.54, 1.807) is 18.2 Å². The number of carbonyl (C=O) groups excluding carboxylic acids is 1. The number of nitrogens with zero attached hydrogens (tertiary/aromatic N) is 1. The first-order valence-corrected chi connectivity index (χ1v) is 11.9. The minimum absolute atomic E-state index is 0.00999. The number of carboxylic acid groups (broad SMARTS) is 1. The first-order chi connectivity index (χ1) is 16.8. The Labute approximate surface area is 206 Å². The average Bonchev–Trinajstić information content (AvgIpc) is 2.84. The lowest BCUT2D eigenvalue weighted by atomic mass is 10.0. The molecule has 0 aromatic heterocycles. The summed E-state index contributed by atoms with van der Waals surface area (Å²) in [5.74, 6) is -0.407. The second-order valence-corrected chi connectivity index (χ2v) is 8.81. The second-order valence-electron chi connectivity index (χ2n) is 8.81. The number of hydrogen-bond acceptors (Lipinski definition) is 3. The van der Waals surface area contributed by atoms with E-state index in [2.05, 4.69) is 0 Å². The van der Waals surface area contributed by atoms with Crippen LogP contribution >= 0.6 is 0 Å². The number of unbranched alkanes of at least 4 members (excludes halogenated alkanes) is 2. The Morgan fingerprint density at radius 2 is 1.66 bits per heavy atom. The van der Waals surface area contributed by atoms with Crippen LogP contribution in [0.1, 0.15) is 55.5 Å². The van der Waals surface area contributed by atoms with Crippen molar-refractivity contribution in [3.05, 3.63) is 89.7 Å². The fourth-order valence-electron chi connectivity index (χ4n) is 3.80. The number of halogens is 1. The first kappa shape index (κ1) is 25.9. The fourth-order valence-corrected chi connectivity index (χ4v) is 3.80. The van der Waals surface area contributed by atoms with Gasteiger partial charge in [0.2, 0.25) is 0 Å². The molecule has 0 heterocycles. The van der Waals surface area contributed by atoms with Crippen molar-refractivity contribution in [3.8, 4) is 16.9 Å². The summed E-state index contributed by atoms with van der Waals surface area (Å²) in [7, 11) is 0. The summed E-state index contributed by atoms with van der Waals surface area (Å²) >= 11 is 0. The number of carboxylic acids is 1. The predicted molar refractivity (Wildman–Crippen MR) is 135 cm³/mol. The van der Waals surface area contributed by atoms with Gasteiger partial charge in [-0.15, -0.1) is 0 Å². The third-order valence-electron chi connectivity index (χ3n) is 5.73. The molecule has 0 atom stereocenters. The van der Waals surface area contributed by atoms with Gasteiger partial charge in [-0.05, 0) is 86.2 Å². The molecule has 0 bridgehead atoms. The summed E-state index contributed by atoms with van der Waals surface area (Å²) in [6.07, 6.45) is 2.43. The molecule has 0 aliphatic rings. The van der Waals surface area contributed by atoms with Crippen molar-refractivity contribution in [2.24, 2.45) is 0 Å². The van der Waals surface area contributed by atoms with Gasteiger partial charge >= 0.3 is 5.97 Å². The Bertz CT molecular complexity index is 1130. The van der Waals surface area contributed by atoms with Crippen LogP contribution in [0, 0.1) is 5.82 Å². The van der Waals surface area contributed by atoms with Crippen LogP contribution in [0.2, 0.25) is 0 Å². The van der Waals surface area contributed by atoms with E-state index in [1.165, 1.54) is 12.1 Å². The molecule has 0 aliphatic carbocycles. The van der Waals surface area contributed by atoms with Gasteiger partial charge in [-0.1, -0.05) is 36.4 Å². The van der Waals surface area contributed by atoms with Crippen LogP contribution in [0.25, 0.3) is 11.1 Å². The highest BCUT2D eigenvalue weighted by atomic mass is 19.1. The normalized spacial score (nSPS) is 10.9. The molecule has 0 fully saturated rings. The SMILES string of the molecule is CC(C)N(Cc1cccc(OCCCCCC(=O)O)c1)C(=O)c1ccc(-c2cccc(F)c2)cc1. The molecule has 0 saturated heterocycles. The Kier molecular flexibility index (Phi) is 9.41. The molecule has 3 rings (SSSR count). The number of hydrogen-bond donors (Lipinski definition) is 1. The summed E-state index contributed by atoms with van der Waals surface area (Å²) in [5.41, 5.74) is 3.16. The van der Waals surface area contributed by atoms with E-state index in [0.717, 1.165) is 35.3 Å². The van der Waals surface area contributed by atoms with Crippen molar-refractivity contribution in [3.63, 3.8) is 0 Å². The van der Waals surface area contributed by atoms with E-state index >= 15 is 0 Å². The highest BCUT2D eigenvalue weighted by Crippen LogP contribution is 2.23. The van der Waals surface area contributed by atoms with E-state index in [4.69, 9.17) is 9.84 Å². The zero-order valence-corrected chi connectivity index (χ0v) is 20.2. The van der Waals surface area contributed by atoms with Gasteiger partial charge in [0.05, 0.1) is 6.61 Å². The van der Waals surface area contributed by atoms with Gasteiger partial charge in [0.1, 0.15) is 11.6 Å². The Hall–Kier alpha value is -3.67. The van der Waals surface area contributed by atoms with Gasteiger partial charge in [0, 0.05) is 24.6 Å². The predicted octanol–water partition coefficient (Wildman–Crippen LogP) is 6.57. The monoisotopic (exact) mass is 477 g/mol. The molecule has 0 saturated carbocycles. The van der Waals surface area contributed by atoms with Gasteiger partial charge in [0.15, 0.2) is 0 Å². The molecule has 5 nitrogen and oxygen atoms in total. The minimum atomic E-state index is -0.773. The molecule has 184 valence electrons. The second kappa shape index (κ2) is 12.7. The molecular formula is C29H32FNO4. The lowest BCUT2D eigenvalue weighted by Gasteiger charge is -2.27. The molecule has 0 unspecified atom stereocenters. The van der Waals surface area contributed by atoms with Crippen molar-refractivity contribution < 1.29 is 23.8 Å². The van der Waals surface area contributed by atoms with Gasteiger partial charge in [-0.2, -0.15) is 0 Å². The van der Waals surface area contributed by atoms with Crippen molar-refractivity contribution in [2.45, 2.75) is 52.1 Å². The van der Waals surface area contributed by atoms with Crippen LogP contribution in [-0.4, -0.2) is 34.5 Å². The van der Waals surface area contributed by atoms with Gasteiger partial charge < -0.3 is 14.7 Å². The average molecular weight is 478 g/mol. The number of amides is 1. The zero-order chi connectivity index (χ0) is 25.2. The molecular weight excluding hydrogens is 445 g/mol. The first-order valence-electron chi connectivity index (χ1n) is 11.9. The van der Waals surface area contributed by atoms with Crippen LogP contribution in [0.15, 0.2) is 72.8 Å². The third-order valence-corrected chi connectivity index (χ3v) is 5.73. The lowest BCUT2D eigenvalue weighted by Crippen LogP contribution is -2.36. The van der Waals surface area contributed by atoms with E-state index in [9.17, 15) is 14.0 Å². The maximum atomic E-state index is 13.5. The van der Waals surface area contributed by atoms with E-state index < -0.39 is 5.97 Å². The molecule has 0 spiro atoms. The summed E-state index contributed by atoms with van der Waals surface area (Å²) in [6.45, 7) is 4.93. The molecule has 0 radical (unpaired) electrons. The maximum Gasteiger partial charge on any atom is 0.303 e. The number of benzene rings is 3. The molecule has 1 N–H and O–H groups in total. The van der Waals surface area contributed by atoms with Crippen LogP contribution in [0.4, 0.5) is 4.39 Å². The number of ether oxygens (including phenoxy) is 1.